The Morgan fingerprint density at radius 2 is 1.65 bits per heavy atom. The fourth-order valence-corrected chi connectivity index (χ4v) is 8.60. The van der Waals surface area contributed by atoms with Gasteiger partial charge in [-0.2, -0.15) is 0 Å². The van der Waals surface area contributed by atoms with E-state index in [4.69, 9.17) is 14.5 Å². The van der Waals surface area contributed by atoms with Gasteiger partial charge in [0.25, 0.3) is 0 Å². The number of imide groups is 1. The summed E-state index contributed by atoms with van der Waals surface area (Å²) in [5, 5.41) is 5.65. The van der Waals surface area contributed by atoms with Gasteiger partial charge < -0.3 is 29.5 Å². The van der Waals surface area contributed by atoms with Gasteiger partial charge in [0.05, 0.1) is 49.0 Å². The van der Waals surface area contributed by atoms with Crippen molar-refractivity contribution in [3.63, 3.8) is 0 Å². The summed E-state index contributed by atoms with van der Waals surface area (Å²) < 4.78 is 11.5. The third-order valence-electron chi connectivity index (χ3n) is 12.0. The zero-order chi connectivity index (χ0) is 43.1. The van der Waals surface area contributed by atoms with Crippen LogP contribution in [0.5, 0.6) is 5.88 Å². The van der Waals surface area contributed by atoms with E-state index in [9.17, 15) is 19.2 Å². The van der Waals surface area contributed by atoms with Gasteiger partial charge >= 0.3 is 12.1 Å². The van der Waals surface area contributed by atoms with Crippen molar-refractivity contribution in [1.82, 2.24) is 35.1 Å². The number of ether oxygens (including phenoxy) is 2. The second-order valence-electron chi connectivity index (χ2n) is 17.3. The molecule has 3 fully saturated rings. The Hall–Kier alpha value is -6.56. The molecule has 3 saturated heterocycles. The van der Waals surface area contributed by atoms with E-state index in [0.29, 0.717) is 75.0 Å². The van der Waals surface area contributed by atoms with Crippen LogP contribution in [-0.4, -0.2) is 131 Å². The lowest BCUT2D eigenvalue weighted by Crippen LogP contribution is -2.63. The van der Waals surface area contributed by atoms with Crippen molar-refractivity contribution in [2.45, 2.75) is 65.1 Å². The number of rotatable bonds is 8. The normalized spacial score (nSPS) is 18.4. The monoisotopic (exact) mass is 844 g/mol. The number of amides is 5. The van der Waals surface area contributed by atoms with Crippen molar-refractivity contribution in [2.75, 3.05) is 90.4 Å². The highest BCUT2D eigenvalue weighted by molar-refractivity contribution is 6.05. The van der Waals surface area contributed by atoms with E-state index in [2.05, 4.69) is 40.3 Å². The number of nitrogens with one attached hydrogen (secondary N) is 2. The van der Waals surface area contributed by atoms with Crippen LogP contribution in [0.3, 0.4) is 0 Å². The fourth-order valence-electron chi connectivity index (χ4n) is 8.60. The van der Waals surface area contributed by atoms with Gasteiger partial charge in [0.15, 0.2) is 0 Å². The number of urea groups is 1. The Kier molecular flexibility index (Phi) is 11.0. The third kappa shape index (κ3) is 8.64. The first-order valence-electron chi connectivity index (χ1n) is 21.3. The quantitative estimate of drug-likeness (QED) is 0.259. The van der Waals surface area contributed by atoms with Crippen molar-refractivity contribution in [1.29, 1.82) is 0 Å². The van der Waals surface area contributed by atoms with Gasteiger partial charge in [-0.25, -0.2) is 24.5 Å². The Morgan fingerprint density at radius 3 is 2.37 bits per heavy atom. The highest BCUT2D eigenvalue weighted by Crippen LogP contribution is 2.40. The molecule has 62 heavy (non-hydrogen) atoms. The average molecular weight is 845 g/mol. The van der Waals surface area contributed by atoms with E-state index in [1.54, 1.807) is 22.2 Å². The number of anilines is 6. The summed E-state index contributed by atoms with van der Waals surface area (Å²) >= 11 is 0. The van der Waals surface area contributed by atoms with Gasteiger partial charge in [0.2, 0.25) is 23.6 Å². The SMILES string of the molecule is Cc1c(N2CCc3cnc(Nc4ccc(CC(=O)N5CCN(C6CN(c7ccc(N8CCC(=O)NC8=O)cc7)C6)CC5)nc4)nc3C2)cnc2c1N(C(=O)OC(C)(C)C)CCO2. The molecule has 0 unspecified atom stereocenters. The molecular formula is C44H52N12O6. The van der Waals surface area contributed by atoms with Crippen molar-refractivity contribution in [3.05, 3.63) is 77.5 Å². The largest absolute Gasteiger partial charge is 0.474 e. The molecular weight excluding hydrogens is 793 g/mol. The number of carbonyl (C=O) groups is 4. The van der Waals surface area contributed by atoms with Crippen molar-refractivity contribution < 1.29 is 28.7 Å². The maximum absolute atomic E-state index is 13.3. The predicted octanol–water partition coefficient (Wildman–Crippen LogP) is 4.04. The second kappa shape index (κ2) is 16.7. The maximum Gasteiger partial charge on any atom is 0.415 e. The van der Waals surface area contributed by atoms with E-state index in [-0.39, 0.29) is 24.3 Å². The first-order valence-corrected chi connectivity index (χ1v) is 21.3. The van der Waals surface area contributed by atoms with Gasteiger partial charge in [-0.3, -0.25) is 34.6 Å². The summed E-state index contributed by atoms with van der Waals surface area (Å²) in [6, 6.07) is 11.7. The van der Waals surface area contributed by atoms with E-state index in [0.717, 1.165) is 78.7 Å². The number of nitrogens with zero attached hydrogens (tertiary/aromatic N) is 10. The highest BCUT2D eigenvalue weighted by Gasteiger charge is 2.36. The maximum atomic E-state index is 13.3. The average Bonchev–Trinajstić information content (AvgIpc) is 3.23. The van der Waals surface area contributed by atoms with Crippen LogP contribution < -0.4 is 35.0 Å². The molecule has 324 valence electrons. The number of aromatic nitrogens is 4. The van der Waals surface area contributed by atoms with Crippen molar-refractivity contribution in [3.8, 4) is 5.88 Å². The van der Waals surface area contributed by atoms with E-state index in [1.807, 2.05) is 75.2 Å². The van der Waals surface area contributed by atoms with Crippen LogP contribution in [0.25, 0.3) is 0 Å². The highest BCUT2D eigenvalue weighted by atomic mass is 16.6. The van der Waals surface area contributed by atoms with Crippen LogP contribution in [0.2, 0.25) is 0 Å². The zero-order valence-corrected chi connectivity index (χ0v) is 35.6. The zero-order valence-electron chi connectivity index (χ0n) is 35.6. The number of piperazine rings is 1. The van der Waals surface area contributed by atoms with Gasteiger partial charge in [-0.1, -0.05) is 0 Å². The molecule has 0 spiro atoms. The van der Waals surface area contributed by atoms with E-state index in [1.165, 1.54) is 0 Å². The van der Waals surface area contributed by atoms with E-state index >= 15 is 0 Å². The Labute approximate surface area is 360 Å². The van der Waals surface area contributed by atoms with E-state index < -0.39 is 11.7 Å². The number of carbonyl (C=O) groups excluding carboxylic acids is 4. The summed E-state index contributed by atoms with van der Waals surface area (Å²) in [6.45, 7) is 14.7. The van der Waals surface area contributed by atoms with Crippen LogP contribution in [0.15, 0.2) is 55.0 Å². The minimum Gasteiger partial charge on any atom is -0.474 e. The van der Waals surface area contributed by atoms with Crippen molar-refractivity contribution in [2.24, 2.45) is 0 Å². The molecule has 8 heterocycles. The molecule has 18 nitrogen and oxygen atoms in total. The molecule has 0 saturated carbocycles. The Bertz CT molecular complexity index is 2360. The van der Waals surface area contributed by atoms with Crippen LogP contribution in [-0.2, 0) is 33.7 Å². The Balaban J connectivity index is 0.746. The molecule has 0 bridgehead atoms. The molecule has 5 amide bonds. The molecule has 0 atom stereocenters. The number of hydrogen-bond donors (Lipinski definition) is 2. The van der Waals surface area contributed by atoms with Gasteiger partial charge in [0, 0.05) is 93.6 Å². The standard InChI is InChI=1S/C44H52N12O6/c1-28-36(24-46-40-39(28)56(19-20-61-40)43(60)62-44(2,3)4)53-13-11-29-22-47-41(49-35(29)27-53)48-31-6-5-30(45-23-31)21-38(58)52-17-15-51(16-18-52)34-25-54(26-34)32-7-9-33(10-8-32)55-14-12-37(57)50-42(55)59/h5-10,22-24,34H,11-21,25-27H2,1-4H3,(H,47,48,49)(H,50,57,59). The van der Waals surface area contributed by atoms with Gasteiger partial charge in [-0.15, -0.1) is 0 Å². The number of hydrogen-bond acceptors (Lipinski definition) is 14. The molecule has 5 aliphatic heterocycles. The molecule has 0 radical (unpaired) electrons. The summed E-state index contributed by atoms with van der Waals surface area (Å²) in [6.07, 6.45) is 6.23. The lowest BCUT2D eigenvalue weighted by molar-refractivity contribution is -0.132. The number of benzene rings is 1. The molecule has 1 aromatic carbocycles. The van der Waals surface area contributed by atoms with Gasteiger partial charge in [-0.05, 0) is 76.1 Å². The number of pyridine rings is 2. The molecule has 4 aromatic rings. The topological polar surface area (TPSA) is 182 Å². The molecule has 18 heteroatoms. The Morgan fingerprint density at radius 1 is 0.871 bits per heavy atom. The summed E-state index contributed by atoms with van der Waals surface area (Å²) in [4.78, 5) is 81.0. The summed E-state index contributed by atoms with van der Waals surface area (Å²) in [5.74, 6) is 0.699. The predicted molar refractivity (Wildman–Crippen MR) is 232 cm³/mol. The lowest BCUT2D eigenvalue weighted by Gasteiger charge is -2.49. The van der Waals surface area contributed by atoms with Crippen LogP contribution in [0.1, 0.15) is 49.7 Å². The molecule has 2 N–H and O–H groups in total. The summed E-state index contributed by atoms with van der Waals surface area (Å²) in [7, 11) is 0. The molecule has 5 aliphatic rings. The number of fused-ring (bicyclic) bond motifs is 2. The molecule has 0 aliphatic carbocycles. The first kappa shape index (κ1) is 40.8. The smallest absolute Gasteiger partial charge is 0.415 e. The van der Waals surface area contributed by atoms with Crippen molar-refractivity contribution >= 4 is 58.3 Å². The first-order chi connectivity index (χ1) is 29.8. The third-order valence-corrected chi connectivity index (χ3v) is 12.0. The summed E-state index contributed by atoms with van der Waals surface area (Å²) in [5.41, 5.74) is 7.05. The minimum absolute atomic E-state index is 0.0666. The van der Waals surface area contributed by atoms with Crippen LogP contribution in [0.4, 0.5) is 44.0 Å². The van der Waals surface area contributed by atoms with Crippen LogP contribution in [0, 0.1) is 6.92 Å². The molecule has 3 aromatic heterocycles. The molecule has 9 rings (SSSR count). The van der Waals surface area contributed by atoms with Crippen LogP contribution >= 0.6 is 0 Å². The lowest BCUT2D eigenvalue weighted by atomic mass is 10.0. The van der Waals surface area contributed by atoms with Gasteiger partial charge in [0.1, 0.15) is 17.9 Å². The fraction of sp³-hybridized carbons (Fsp3) is 0.455. The second-order valence-corrected chi connectivity index (χ2v) is 17.3. The minimum atomic E-state index is -0.631.